The Bertz CT molecular complexity index is 68.2. The van der Waals surface area contributed by atoms with E-state index in [4.69, 9.17) is 34.8 Å². The molecule has 0 aromatic carbocycles. The first kappa shape index (κ1) is 9.30. The molecule has 0 bridgehead atoms. The van der Waals surface area contributed by atoms with E-state index in [0.29, 0.717) is 0 Å². The van der Waals surface area contributed by atoms with Crippen molar-refractivity contribution in [2.45, 2.75) is 22.8 Å². The van der Waals surface area contributed by atoms with Crippen molar-refractivity contribution in [3.05, 3.63) is 0 Å². The molecule has 0 saturated heterocycles. The van der Waals surface area contributed by atoms with Crippen LogP contribution in [0.4, 0.5) is 0 Å². The van der Waals surface area contributed by atoms with E-state index >= 15 is 0 Å². The van der Waals surface area contributed by atoms with Crippen molar-refractivity contribution in [2.75, 3.05) is 0 Å². The van der Waals surface area contributed by atoms with Crippen LogP contribution < -0.4 is 0 Å². The van der Waals surface area contributed by atoms with E-state index in [1.165, 1.54) is 0 Å². The third-order valence-electron chi connectivity index (χ3n) is 0.776. The molecule has 0 N–H and O–H groups in total. The van der Waals surface area contributed by atoms with E-state index in [1.54, 1.807) is 0 Å². The quantitative estimate of drug-likeness (QED) is 0.467. The van der Waals surface area contributed by atoms with Gasteiger partial charge in [0.2, 0.25) is 0 Å². The van der Waals surface area contributed by atoms with Crippen LogP contribution in [0.5, 0.6) is 0 Å². The fourth-order valence-electron chi connectivity index (χ4n) is 0.272. The van der Waals surface area contributed by atoms with Gasteiger partial charge in [-0.05, 0) is 6.42 Å². The average molecular weight is 193 g/mol. The lowest BCUT2D eigenvalue weighted by atomic mass is 10.4. The summed E-state index contributed by atoms with van der Waals surface area (Å²) in [4.78, 5) is 0. The Morgan fingerprint density at radius 1 is 1.62 bits per heavy atom. The largest absolute Gasteiger partial charge is 0.147 e. The first-order valence-electron chi connectivity index (χ1n) is 2.29. The van der Waals surface area contributed by atoms with Crippen molar-refractivity contribution in [3.63, 3.8) is 0 Å². The van der Waals surface area contributed by atoms with Gasteiger partial charge in [-0.25, -0.2) is 0 Å². The summed E-state index contributed by atoms with van der Waals surface area (Å²) in [5.41, 5.74) is 0. The second-order valence-electron chi connectivity index (χ2n) is 1.55. The topological polar surface area (TPSA) is 0 Å². The van der Waals surface area contributed by atoms with Crippen LogP contribution in [0, 0.1) is 0 Å². The summed E-state index contributed by atoms with van der Waals surface area (Å²) in [6.45, 7) is 1.93. The monoisotopic (exact) mass is 192 g/mol. The number of halogens is 3. The zero-order valence-corrected chi connectivity index (χ0v) is 7.92. The normalized spacial score (nSPS) is 16.1. The van der Waals surface area contributed by atoms with E-state index in [-0.39, 0.29) is 5.38 Å². The first-order valence-corrected chi connectivity index (χ1v) is 4.06. The van der Waals surface area contributed by atoms with E-state index in [0.717, 1.165) is 6.42 Å². The van der Waals surface area contributed by atoms with Crippen molar-refractivity contribution in [3.8, 4) is 0 Å². The Balaban J connectivity index is 3.62. The maximum Gasteiger partial charge on any atom is 0.147 e. The predicted molar refractivity (Wildman–Crippen MR) is 44.1 cm³/mol. The summed E-state index contributed by atoms with van der Waals surface area (Å²) in [6, 6.07) is 0. The van der Waals surface area contributed by atoms with E-state index in [2.05, 4.69) is 9.24 Å². The highest BCUT2D eigenvalue weighted by atomic mass is 35.5. The molecular weight excluding hydrogens is 185 g/mol. The molecule has 0 aromatic heterocycles. The maximum absolute atomic E-state index is 5.66. The Hall–Kier alpha value is 1.30. The molecule has 0 amide bonds. The third kappa shape index (κ3) is 3.35. The van der Waals surface area contributed by atoms with Gasteiger partial charge in [-0.3, -0.25) is 0 Å². The molecular formula is C4H8Cl3P. The highest BCUT2D eigenvalue weighted by Crippen LogP contribution is 2.37. The molecule has 0 aliphatic carbocycles. The minimum atomic E-state index is -0.865. The van der Waals surface area contributed by atoms with Crippen molar-refractivity contribution >= 4 is 44.0 Å². The summed E-state index contributed by atoms with van der Waals surface area (Å²) in [5.74, 6) is 0. The molecule has 0 radical (unpaired) electrons. The van der Waals surface area contributed by atoms with Crippen LogP contribution in [-0.2, 0) is 0 Å². The van der Waals surface area contributed by atoms with Crippen molar-refractivity contribution in [2.24, 2.45) is 0 Å². The van der Waals surface area contributed by atoms with Crippen LogP contribution in [0.3, 0.4) is 0 Å². The van der Waals surface area contributed by atoms with Gasteiger partial charge in [0.15, 0.2) is 0 Å². The lowest BCUT2D eigenvalue weighted by Gasteiger charge is -2.17. The molecule has 0 rings (SSSR count). The summed E-state index contributed by atoms with van der Waals surface area (Å²) < 4.78 is -0.865. The zero-order chi connectivity index (χ0) is 6.78. The number of alkyl halides is 3. The second-order valence-corrected chi connectivity index (χ2v) is 5.16. The predicted octanol–water partition coefficient (Wildman–Crippen LogP) is 3.01. The van der Waals surface area contributed by atoms with E-state index < -0.39 is 4.07 Å². The molecule has 2 unspecified atom stereocenters. The van der Waals surface area contributed by atoms with Crippen LogP contribution in [0.25, 0.3) is 0 Å². The van der Waals surface area contributed by atoms with Gasteiger partial charge in [0.25, 0.3) is 0 Å². The van der Waals surface area contributed by atoms with Crippen LogP contribution in [0.15, 0.2) is 0 Å². The summed E-state index contributed by atoms with van der Waals surface area (Å²) in [5, 5.41) is -0.184. The minimum absolute atomic E-state index is 0.184. The molecule has 0 spiro atoms. The Labute approximate surface area is 67.1 Å². The molecule has 0 aliphatic rings. The third-order valence-corrected chi connectivity index (χ3v) is 2.79. The van der Waals surface area contributed by atoms with Crippen LogP contribution in [0.1, 0.15) is 13.3 Å². The maximum atomic E-state index is 5.66. The number of hydrogen-bond acceptors (Lipinski definition) is 0. The van der Waals surface area contributed by atoms with E-state index in [1.807, 2.05) is 6.92 Å². The Kier molecular flexibility index (Phi) is 4.03. The van der Waals surface area contributed by atoms with Crippen molar-refractivity contribution < 1.29 is 0 Å². The standard InChI is InChI=1S/C4H8Cl3P/c1-2-3(5)4(6,7)8/h3H,2,8H2,1H3. The van der Waals surface area contributed by atoms with Crippen molar-refractivity contribution in [1.29, 1.82) is 0 Å². The number of hydrogen-bond donors (Lipinski definition) is 0. The van der Waals surface area contributed by atoms with Gasteiger partial charge in [0.1, 0.15) is 4.07 Å². The molecule has 0 heterocycles. The molecule has 8 heavy (non-hydrogen) atoms. The highest BCUT2D eigenvalue weighted by molar-refractivity contribution is 7.27. The zero-order valence-electron chi connectivity index (χ0n) is 4.50. The lowest BCUT2D eigenvalue weighted by molar-refractivity contribution is 0.840. The minimum Gasteiger partial charge on any atom is -0.119 e. The van der Waals surface area contributed by atoms with Gasteiger partial charge in [-0.1, -0.05) is 39.4 Å². The van der Waals surface area contributed by atoms with Gasteiger partial charge in [-0.15, -0.1) is 11.6 Å². The fraction of sp³-hybridized carbons (Fsp3) is 1.00. The Morgan fingerprint density at radius 3 is 2.00 bits per heavy atom. The summed E-state index contributed by atoms with van der Waals surface area (Å²) >= 11 is 16.8. The smallest absolute Gasteiger partial charge is 0.119 e. The average Bonchev–Trinajstić information content (AvgIpc) is 1.62. The molecule has 4 heteroatoms. The fourth-order valence-corrected chi connectivity index (χ4v) is 0.816. The van der Waals surface area contributed by atoms with Gasteiger partial charge in [-0.2, -0.15) is 0 Å². The van der Waals surface area contributed by atoms with Gasteiger partial charge < -0.3 is 0 Å². The first-order chi connectivity index (χ1) is 3.48. The molecule has 0 aromatic rings. The van der Waals surface area contributed by atoms with E-state index in [9.17, 15) is 0 Å². The molecule has 50 valence electrons. The molecule has 0 nitrogen and oxygen atoms in total. The van der Waals surface area contributed by atoms with Gasteiger partial charge >= 0.3 is 0 Å². The van der Waals surface area contributed by atoms with Crippen molar-refractivity contribution in [1.82, 2.24) is 0 Å². The highest BCUT2D eigenvalue weighted by Gasteiger charge is 2.25. The summed E-state index contributed by atoms with van der Waals surface area (Å²) in [7, 11) is 2.27. The molecule has 2 atom stereocenters. The second kappa shape index (κ2) is 3.46. The van der Waals surface area contributed by atoms with Crippen LogP contribution in [0.2, 0.25) is 0 Å². The summed E-state index contributed by atoms with van der Waals surface area (Å²) in [6.07, 6.45) is 0.776. The SMILES string of the molecule is CCC(Cl)C(P)(Cl)Cl. The van der Waals surface area contributed by atoms with Crippen LogP contribution >= 0.6 is 44.0 Å². The van der Waals surface area contributed by atoms with Gasteiger partial charge in [0.05, 0.1) is 5.38 Å². The molecule has 0 saturated carbocycles. The van der Waals surface area contributed by atoms with Gasteiger partial charge in [0, 0.05) is 0 Å². The number of rotatable bonds is 2. The lowest BCUT2D eigenvalue weighted by Crippen LogP contribution is -2.16. The molecule has 0 fully saturated rings. The van der Waals surface area contributed by atoms with Crippen LogP contribution in [-0.4, -0.2) is 9.45 Å². The Morgan fingerprint density at radius 2 is 2.00 bits per heavy atom. The molecule has 0 aliphatic heterocycles.